The Bertz CT molecular complexity index is 1090. The molecular formula is C24H25N3O4S. The first-order chi connectivity index (χ1) is 15.5. The number of thioether (sulfide) groups is 1. The third-order valence-electron chi connectivity index (χ3n) is 5.19. The van der Waals surface area contributed by atoms with E-state index in [9.17, 15) is 14.9 Å². The smallest absolute Gasteiger partial charge is 0.234 e. The zero-order valence-corrected chi connectivity index (χ0v) is 19.0. The van der Waals surface area contributed by atoms with Crippen molar-refractivity contribution in [1.29, 1.82) is 5.26 Å². The van der Waals surface area contributed by atoms with Crippen molar-refractivity contribution < 1.29 is 19.1 Å². The third kappa shape index (κ3) is 5.24. The Morgan fingerprint density at radius 2 is 1.97 bits per heavy atom. The number of carbonyl (C=O) groups is 2. The summed E-state index contributed by atoms with van der Waals surface area (Å²) in [5, 5.41) is 15.9. The first kappa shape index (κ1) is 23.2. The maximum atomic E-state index is 12.5. The van der Waals surface area contributed by atoms with Crippen molar-refractivity contribution in [1.82, 2.24) is 5.32 Å². The Balaban J connectivity index is 1.80. The Kier molecular flexibility index (Phi) is 7.79. The van der Waals surface area contributed by atoms with Crippen molar-refractivity contribution >= 4 is 29.3 Å². The van der Waals surface area contributed by atoms with Crippen LogP contribution in [0.4, 0.5) is 5.69 Å². The summed E-state index contributed by atoms with van der Waals surface area (Å²) in [5.41, 5.74) is 3.00. The standard InChI is InChI=1S/C24H25N3O4S/c1-4-15-7-5-6-8-19(15)26-23(29)14-32-24-18(13-25)17(12-22(28)27-24)16-9-10-20(30-2)21(11-16)31-3/h5-11,17H,4,12,14H2,1-3H3,(H,26,29)(H,27,28)/t17-/m0/s1. The van der Waals surface area contributed by atoms with E-state index < -0.39 is 5.92 Å². The maximum absolute atomic E-state index is 12.5. The van der Waals surface area contributed by atoms with Crippen LogP contribution < -0.4 is 20.1 Å². The van der Waals surface area contributed by atoms with Gasteiger partial charge in [0.25, 0.3) is 0 Å². The van der Waals surface area contributed by atoms with E-state index in [1.807, 2.05) is 37.3 Å². The molecule has 0 fully saturated rings. The molecule has 0 unspecified atom stereocenters. The minimum Gasteiger partial charge on any atom is -0.493 e. The number of hydrogen-bond acceptors (Lipinski definition) is 6. The van der Waals surface area contributed by atoms with Crippen LogP contribution in [0.1, 0.15) is 30.4 Å². The van der Waals surface area contributed by atoms with Gasteiger partial charge < -0.3 is 20.1 Å². The van der Waals surface area contributed by atoms with Crippen molar-refractivity contribution in [2.45, 2.75) is 25.7 Å². The molecule has 8 heteroatoms. The Hall–Kier alpha value is -3.44. The largest absolute Gasteiger partial charge is 0.493 e. The number of rotatable bonds is 8. The van der Waals surface area contributed by atoms with Crippen LogP contribution in [0, 0.1) is 11.3 Å². The van der Waals surface area contributed by atoms with E-state index in [4.69, 9.17) is 9.47 Å². The molecule has 0 aromatic heterocycles. The summed E-state index contributed by atoms with van der Waals surface area (Å²) in [6.45, 7) is 2.02. The fourth-order valence-electron chi connectivity index (χ4n) is 3.56. The number of nitriles is 1. The number of para-hydroxylation sites is 1. The molecule has 0 saturated carbocycles. The summed E-state index contributed by atoms with van der Waals surface area (Å²) in [4.78, 5) is 24.9. The molecule has 1 atom stereocenters. The molecule has 0 aliphatic carbocycles. The maximum Gasteiger partial charge on any atom is 0.234 e. The number of nitrogens with one attached hydrogen (secondary N) is 2. The van der Waals surface area contributed by atoms with E-state index in [1.54, 1.807) is 19.2 Å². The van der Waals surface area contributed by atoms with Gasteiger partial charge in [0.05, 0.1) is 36.6 Å². The lowest BCUT2D eigenvalue weighted by Gasteiger charge is -2.25. The lowest BCUT2D eigenvalue weighted by atomic mass is 9.87. The van der Waals surface area contributed by atoms with Gasteiger partial charge in [-0.3, -0.25) is 9.59 Å². The third-order valence-corrected chi connectivity index (χ3v) is 6.20. The molecule has 0 spiro atoms. The first-order valence-electron chi connectivity index (χ1n) is 10.2. The van der Waals surface area contributed by atoms with E-state index in [-0.39, 0.29) is 24.0 Å². The molecule has 1 aliphatic rings. The number of methoxy groups -OCH3 is 2. The summed E-state index contributed by atoms with van der Waals surface area (Å²) in [6, 6.07) is 15.2. The van der Waals surface area contributed by atoms with Crippen molar-refractivity contribution in [3.05, 3.63) is 64.2 Å². The molecule has 2 aromatic rings. The number of nitrogens with zero attached hydrogens (tertiary/aromatic N) is 1. The molecule has 2 aromatic carbocycles. The summed E-state index contributed by atoms with van der Waals surface area (Å²) >= 11 is 1.15. The molecule has 7 nitrogen and oxygen atoms in total. The highest BCUT2D eigenvalue weighted by Gasteiger charge is 2.30. The molecule has 0 bridgehead atoms. The topological polar surface area (TPSA) is 100 Å². The average Bonchev–Trinajstić information content (AvgIpc) is 2.82. The van der Waals surface area contributed by atoms with E-state index in [2.05, 4.69) is 16.7 Å². The lowest BCUT2D eigenvalue weighted by Crippen LogP contribution is -2.31. The van der Waals surface area contributed by atoms with Gasteiger partial charge in [-0.1, -0.05) is 43.0 Å². The molecule has 1 heterocycles. The monoisotopic (exact) mass is 451 g/mol. The number of aryl methyl sites for hydroxylation is 1. The molecule has 166 valence electrons. The van der Waals surface area contributed by atoms with Gasteiger partial charge >= 0.3 is 0 Å². The predicted octanol–water partition coefficient (Wildman–Crippen LogP) is 3.98. The summed E-state index contributed by atoms with van der Waals surface area (Å²) in [7, 11) is 3.08. The molecule has 3 rings (SSSR count). The zero-order valence-electron chi connectivity index (χ0n) is 18.2. The molecule has 2 N–H and O–H groups in total. The normalized spacial score (nSPS) is 15.6. The van der Waals surface area contributed by atoms with Gasteiger partial charge in [0.15, 0.2) is 11.5 Å². The molecule has 32 heavy (non-hydrogen) atoms. The van der Waals surface area contributed by atoms with Gasteiger partial charge in [0.2, 0.25) is 11.8 Å². The van der Waals surface area contributed by atoms with Gasteiger partial charge in [-0.05, 0) is 35.7 Å². The van der Waals surface area contributed by atoms with Crippen LogP contribution in [0.25, 0.3) is 0 Å². The van der Waals surface area contributed by atoms with Crippen molar-refractivity contribution in [2.75, 3.05) is 25.3 Å². The number of anilines is 1. The molecular weight excluding hydrogens is 426 g/mol. The van der Waals surface area contributed by atoms with Crippen LogP contribution in [-0.2, 0) is 16.0 Å². The number of allylic oxidation sites excluding steroid dienone is 1. The second-order valence-corrected chi connectivity index (χ2v) is 8.11. The van der Waals surface area contributed by atoms with E-state index in [0.29, 0.717) is 22.1 Å². The molecule has 0 radical (unpaired) electrons. The summed E-state index contributed by atoms with van der Waals surface area (Å²) < 4.78 is 10.6. The fraction of sp³-hybridized carbons (Fsp3) is 0.292. The van der Waals surface area contributed by atoms with Gasteiger partial charge in [0.1, 0.15) is 0 Å². The van der Waals surface area contributed by atoms with Gasteiger partial charge in [-0.2, -0.15) is 5.26 Å². The number of benzene rings is 2. The highest BCUT2D eigenvalue weighted by molar-refractivity contribution is 8.03. The van der Waals surface area contributed by atoms with E-state index >= 15 is 0 Å². The minimum absolute atomic E-state index is 0.0670. The number of ether oxygens (including phenoxy) is 2. The van der Waals surface area contributed by atoms with Gasteiger partial charge in [-0.25, -0.2) is 0 Å². The highest BCUT2D eigenvalue weighted by Crippen LogP contribution is 2.39. The van der Waals surface area contributed by atoms with Crippen LogP contribution in [0.3, 0.4) is 0 Å². The Labute approximate surface area is 191 Å². The zero-order chi connectivity index (χ0) is 23.1. The molecule has 0 saturated heterocycles. The highest BCUT2D eigenvalue weighted by atomic mass is 32.2. The van der Waals surface area contributed by atoms with Crippen molar-refractivity contribution in [2.24, 2.45) is 0 Å². The molecule has 1 aliphatic heterocycles. The van der Waals surface area contributed by atoms with Crippen LogP contribution in [0.15, 0.2) is 53.1 Å². The van der Waals surface area contributed by atoms with Crippen LogP contribution in [0.5, 0.6) is 11.5 Å². The second-order valence-electron chi connectivity index (χ2n) is 7.12. The van der Waals surface area contributed by atoms with Crippen molar-refractivity contribution in [3.63, 3.8) is 0 Å². The van der Waals surface area contributed by atoms with E-state index in [0.717, 1.165) is 35.0 Å². The minimum atomic E-state index is -0.431. The first-order valence-corrected chi connectivity index (χ1v) is 11.2. The van der Waals surface area contributed by atoms with E-state index in [1.165, 1.54) is 7.11 Å². The quantitative estimate of drug-likeness (QED) is 0.630. The number of amides is 2. The second kappa shape index (κ2) is 10.7. The average molecular weight is 452 g/mol. The number of carbonyl (C=O) groups excluding carboxylic acids is 2. The molecule has 2 amide bonds. The van der Waals surface area contributed by atoms with Gasteiger partial charge in [0, 0.05) is 18.0 Å². The predicted molar refractivity (Wildman–Crippen MR) is 125 cm³/mol. The van der Waals surface area contributed by atoms with Crippen molar-refractivity contribution in [3.8, 4) is 17.6 Å². The Morgan fingerprint density at radius 3 is 2.66 bits per heavy atom. The van der Waals surface area contributed by atoms with Gasteiger partial charge in [-0.15, -0.1) is 0 Å². The van der Waals surface area contributed by atoms with Crippen LogP contribution in [-0.4, -0.2) is 31.8 Å². The summed E-state index contributed by atoms with van der Waals surface area (Å²) in [6.07, 6.45) is 0.939. The fourth-order valence-corrected chi connectivity index (χ4v) is 4.44. The summed E-state index contributed by atoms with van der Waals surface area (Å²) in [5.74, 6) is 0.317. The van der Waals surface area contributed by atoms with Crippen LogP contribution in [0.2, 0.25) is 0 Å². The van der Waals surface area contributed by atoms with Crippen LogP contribution >= 0.6 is 11.8 Å². The Morgan fingerprint density at radius 1 is 1.22 bits per heavy atom. The lowest BCUT2D eigenvalue weighted by molar-refractivity contribution is -0.121. The SMILES string of the molecule is CCc1ccccc1NC(=O)CSC1=C(C#N)[C@H](c2ccc(OC)c(OC)c2)CC(=O)N1. The number of hydrogen-bond donors (Lipinski definition) is 2.